The van der Waals surface area contributed by atoms with Crippen molar-refractivity contribution >= 4 is 23.1 Å². The predicted octanol–water partition coefficient (Wildman–Crippen LogP) is 2.43. The average molecular weight is 209 g/mol. The summed E-state index contributed by atoms with van der Waals surface area (Å²) in [6, 6.07) is 8.22. The van der Waals surface area contributed by atoms with Crippen LogP contribution in [0.1, 0.15) is 11.3 Å². The van der Waals surface area contributed by atoms with Gasteiger partial charge in [-0.25, -0.2) is 0 Å². The molecule has 16 heavy (non-hydrogen) atoms. The Morgan fingerprint density at radius 3 is 2.81 bits per heavy atom. The van der Waals surface area contributed by atoms with Gasteiger partial charge in [0, 0.05) is 29.1 Å². The number of hydrogen-bond donors (Lipinski definition) is 1. The lowest BCUT2D eigenvalue weighted by molar-refractivity contribution is 0.278. The molecule has 1 aromatic carbocycles. The van der Waals surface area contributed by atoms with Gasteiger partial charge < -0.3 is 9.67 Å². The summed E-state index contributed by atoms with van der Waals surface area (Å²) < 4.78 is 2.12. The molecule has 2 aromatic rings. The van der Waals surface area contributed by atoms with E-state index in [9.17, 15) is 0 Å². The van der Waals surface area contributed by atoms with E-state index in [2.05, 4.69) is 28.2 Å². The average Bonchev–Trinajstić information content (AvgIpc) is 2.66. The lowest BCUT2D eigenvalue weighted by atomic mass is 10.1. The number of nitrogens with zero attached hydrogens (tertiary/aromatic N) is 1. The zero-order chi connectivity index (χ0) is 11.0. The molecular formula is C14H11NO. The van der Waals surface area contributed by atoms with Crippen molar-refractivity contribution in [2.75, 3.05) is 6.61 Å². The summed E-state index contributed by atoms with van der Waals surface area (Å²) in [6.07, 6.45) is 3.87. The Morgan fingerprint density at radius 2 is 1.94 bits per heavy atom. The third-order valence-corrected chi connectivity index (χ3v) is 2.88. The van der Waals surface area contributed by atoms with E-state index in [4.69, 9.17) is 5.11 Å². The molecule has 0 saturated carbocycles. The van der Waals surface area contributed by atoms with E-state index in [-0.39, 0.29) is 6.61 Å². The minimum Gasteiger partial charge on any atom is -0.395 e. The van der Waals surface area contributed by atoms with E-state index in [0.29, 0.717) is 6.54 Å². The molecule has 3 rings (SSSR count). The highest BCUT2D eigenvalue weighted by Gasteiger charge is 2.13. The SMILES string of the molecule is OCCn1c2c(c3ccccc31)C=C=C=C2. The Hall–Kier alpha value is -1.98. The fourth-order valence-corrected chi connectivity index (χ4v) is 2.22. The smallest absolute Gasteiger partial charge is 0.0610 e. The van der Waals surface area contributed by atoms with Gasteiger partial charge in [0.15, 0.2) is 0 Å². The van der Waals surface area contributed by atoms with Gasteiger partial charge >= 0.3 is 0 Å². The van der Waals surface area contributed by atoms with Gasteiger partial charge in [0.1, 0.15) is 0 Å². The highest BCUT2D eigenvalue weighted by molar-refractivity contribution is 5.94. The molecule has 2 nitrogen and oxygen atoms in total. The van der Waals surface area contributed by atoms with Gasteiger partial charge in [-0.2, -0.15) is 0 Å². The summed E-state index contributed by atoms with van der Waals surface area (Å²) >= 11 is 0. The zero-order valence-corrected chi connectivity index (χ0v) is 8.77. The second-order valence-corrected chi connectivity index (χ2v) is 3.77. The minimum atomic E-state index is 0.145. The molecule has 2 heteroatoms. The molecule has 0 amide bonds. The monoisotopic (exact) mass is 209 g/mol. The Morgan fingerprint density at radius 1 is 1.12 bits per heavy atom. The van der Waals surface area contributed by atoms with Crippen molar-refractivity contribution in [1.82, 2.24) is 4.57 Å². The molecule has 1 aliphatic rings. The summed E-state index contributed by atoms with van der Waals surface area (Å²) in [5.41, 5.74) is 9.38. The number of aliphatic hydroxyl groups is 1. The second-order valence-electron chi connectivity index (χ2n) is 3.77. The summed E-state index contributed by atoms with van der Waals surface area (Å²) in [5, 5.41) is 10.3. The highest BCUT2D eigenvalue weighted by atomic mass is 16.3. The molecule has 0 radical (unpaired) electrons. The maximum absolute atomic E-state index is 9.12. The largest absolute Gasteiger partial charge is 0.395 e. The van der Waals surface area contributed by atoms with Gasteiger partial charge in [0.05, 0.1) is 12.3 Å². The van der Waals surface area contributed by atoms with E-state index >= 15 is 0 Å². The van der Waals surface area contributed by atoms with Gasteiger partial charge in [-0.15, -0.1) is 0 Å². The van der Waals surface area contributed by atoms with Gasteiger partial charge in [-0.1, -0.05) is 29.7 Å². The maximum Gasteiger partial charge on any atom is 0.0610 e. The molecule has 0 fully saturated rings. The molecule has 1 N–H and O–H groups in total. The topological polar surface area (TPSA) is 25.2 Å². The van der Waals surface area contributed by atoms with Gasteiger partial charge in [-0.05, 0) is 12.1 Å². The van der Waals surface area contributed by atoms with Crippen LogP contribution in [-0.2, 0) is 6.54 Å². The van der Waals surface area contributed by atoms with Crippen molar-refractivity contribution in [3.05, 3.63) is 47.0 Å². The summed E-state index contributed by atoms with van der Waals surface area (Å²) in [4.78, 5) is 0. The van der Waals surface area contributed by atoms with Crippen LogP contribution < -0.4 is 0 Å². The third-order valence-electron chi connectivity index (χ3n) is 2.88. The number of hydrogen-bond acceptors (Lipinski definition) is 1. The third kappa shape index (κ3) is 1.19. The fraction of sp³-hybridized carbons (Fsp3) is 0.143. The standard InChI is InChI=1S/C14H11NO/c16-10-9-15-13-7-3-1-5-11(13)12-6-2-4-8-14(12)15/h1,3,5-8,16H,9-10H2. The predicted molar refractivity (Wildman–Crippen MR) is 65.0 cm³/mol. The molecule has 0 bridgehead atoms. The summed E-state index contributed by atoms with van der Waals surface area (Å²) in [7, 11) is 0. The van der Waals surface area contributed by atoms with E-state index in [1.54, 1.807) is 0 Å². The van der Waals surface area contributed by atoms with Crippen molar-refractivity contribution in [2.45, 2.75) is 6.54 Å². The van der Waals surface area contributed by atoms with Crippen molar-refractivity contribution in [3.63, 3.8) is 0 Å². The van der Waals surface area contributed by atoms with E-state index in [1.807, 2.05) is 24.3 Å². The lowest BCUT2D eigenvalue weighted by Gasteiger charge is -2.05. The quantitative estimate of drug-likeness (QED) is 0.644. The molecule has 0 unspecified atom stereocenters. The van der Waals surface area contributed by atoms with E-state index < -0.39 is 0 Å². The minimum absolute atomic E-state index is 0.145. The molecule has 1 aliphatic carbocycles. The van der Waals surface area contributed by atoms with Crippen LogP contribution in [0.3, 0.4) is 0 Å². The first-order valence-electron chi connectivity index (χ1n) is 5.31. The highest BCUT2D eigenvalue weighted by Crippen LogP contribution is 2.29. The summed E-state index contributed by atoms with van der Waals surface area (Å²) in [6.45, 7) is 0.758. The first-order chi connectivity index (χ1) is 7.92. The molecule has 0 aliphatic heterocycles. The zero-order valence-electron chi connectivity index (χ0n) is 8.77. The first-order valence-corrected chi connectivity index (χ1v) is 5.31. The number of aromatic nitrogens is 1. The van der Waals surface area contributed by atoms with Crippen LogP contribution in [0.25, 0.3) is 23.1 Å². The number of fused-ring (bicyclic) bond motifs is 3. The maximum atomic E-state index is 9.12. The molecule has 0 spiro atoms. The van der Waals surface area contributed by atoms with Crippen molar-refractivity contribution < 1.29 is 5.11 Å². The Bertz CT molecular complexity index is 651. The van der Waals surface area contributed by atoms with Gasteiger partial charge in [0.2, 0.25) is 0 Å². The van der Waals surface area contributed by atoms with Gasteiger partial charge in [-0.3, -0.25) is 0 Å². The van der Waals surface area contributed by atoms with Crippen LogP contribution in [0.15, 0.2) is 35.7 Å². The molecule has 1 aromatic heterocycles. The van der Waals surface area contributed by atoms with E-state index in [0.717, 1.165) is 11.2 Å². The van der Waals surface area contributed by atoms with E-state index in [1.165, 1.54) is 10.9 Å². The number of aliphatic hydroxyl groups excluding tert-OH is 1. The van der Waals surface area contributed by atoms with Crippen LogP contribution in [0.5, 0.6) is 0 Å². The Balaban J connectivity index is 2.41. The lowest BCUT2D eigenvalue weighted by Crippen LogP contribution is -2.03. The molecule has 0 atom stereocenters. The van der Waals surface area contributed by atoms with Crippen LogP contribution in [0.4, 0.5) is 0 Å². The van der Waals surface area contributed by atoms with Crippen LogP contribution in [0, 0.1) is 0 Å². The Labute approximate surface area is 93.4 Å². The number of para-hydroxylation sites is 1. The van der Waals surface area contributed by atoms with Crippen molar-refractivity contribution in [1.29, 1.82) is 0 Å². The van der Waals surface area contributed by atoms with Crippen molar-refractivity contribution in [2.24, 2.45) is 0 Å². The van der Waals surface area contributed by atoms with Crippen LogP contribution in [0.2, 0.25) is 0 Å². The molecule has 78 valence electrons. The Kier molecular flexibility index (Phi) is 2.05. The second kappa shape index (κ2) is 3.55. The summed E-state index contributed by atoms with van der Waals surface area (Å²) in [5.74, 6) is 0. The fourth-order valence-electron chi connectivity index (χ4n) is 2.22. The molecular weight excluding hydrogens is 198 g/mol. The first kappa shape index (κ1) is 9.26. The number of rotatable bonds is 2. The molecule has 1 heterocycles. The number of benzene rings is 1. The van der Waals surface area contributed by atoms with Gasteiger partial charge in [0.25, 0.3) is 0 Å². The molecule has 0 saturated heterocycles. The van der Waals surface area contributed by atoms with Crippen LogP contribution in [-0.4, -0.2) is 16.3 Å². The van der Waals surface area contributed by atoms with Crippen molar-refractivity contribution in [3.8, 4) is 0 Å². The van der Waals surface area contributed by atoms with Crippen LogP contribution >= 0.6 is 0 Å². The normalized spacial score (nSPS) is 12.3.